The molecule has 0 aliphatic carbocycles. The van der Waals surface area contributed by atoms with Crippen LogP contribution in [-0.2, 0) is 0 Å². The van der Waals surface area contributed by atoms with Crippen molar-refractivity contribution in [2.45, 2.75) is 0 Å². The molecule has 1 amide bonds. The first-order valence-corrected chi connectivity index (χ1v) is 5.22. The van der Waals surface area contributed by atoms with Crippen molar-refractivity contribution in [2.75, 3.05) is 5.32 Å². The zero-order chi connectivity index (χ0) is 13.8. The molecule has 0 aromatic carbocycles. The van der Waals surface area contributed by atoms with Gasteiger partial charge in [0.15, 0.2) is 5.69 Å². The molecule has 19 heavy (non-hydrogen) atoms. The lowest BCUT2D eigenvalue weighted by molar-refractivity contribution is 0.0690. The number of rotatable bonds is 3. The number of hydrogen-bond acceptors (Lipinski definition) is 5. The van der Waals surface area contributed by atoms with Crippen LogP contribution >= 0.6 is 0 Å². The molecule has 0 spiro atoms. The van der Waals surface area contributed by atoms with E-state index in [0.29, 0.717) is 5.69 Å². The van der Waals surface area contributed by atoms with E-state index < -0.39 is 11.9 Å². The molecule has 0 bridgehead atoms. The molecular formula is C12H9N3O4. The lowest BCUT2D eigenvalue weighted by Crippen LogP contribution is -2.14. The Morgan fingerprint density at radius 1 is 1.16 bits per heavy atom. The Hall–Kier alpha value is -2.96. The normalized spacial score (nSPS) is 9.89. The molecule has 0 atom stereocenters. The second-order valence-electron chi connectivity index (χ2n) is 3.56. The molecule has 96 valence electrons. The molecule has 2 aromatic rings. The number of pyridine rings is 2. The molecule has 7 nitrogen and oxygen atoms in total. The highest BCUT2D eigenvalue weighted by Crippen LogP contribution is 2.15. The number of nitrogens with zero attached hydrogens (tertiary/aromatic N) is 2. The largest absolute Gasteiger partial charge is 0.505 e. The van der Waals surface area contributed by atoms with Gasteiger partial charge in [0.25, 0.3) is 5.91 Å². The summed E-state index contributed by atoms with van der Waals surface area (Å²) in [6.45, 7) is 0. The number of aromatic carboxylic acids is 1. The van der Waals surface area contributed by atoms with Gasteiger partial charge in [-0.05, 0) is 24.3 Å². The predicted octanol–water partition coefficient (Wildman–Crippen LogP) is 1.13. The molecule has 0 radical (unpaired) electrons. The second kappa shape index (κ2) is 5.13. The minimum atomic E-state index is -1.15. The first-order chi connectivity index (χ1) is 9.08. The Bertz CT molecular complexity index is 625. The summed E-state index contributed by atoms with van der Waals surface area (Å²) < 4.78 is 0. The average molecular weight is 259 g/mol. The van der Waals surface area contributed by atoms with E-state index in [4.69, 9.17) is 5.11 Å². The van der Waals surface area contributed by atoms with Gasteiger partial charge in [-0.2, -0.15) is 0 Å². The van der Waals surface area contributed by atoms with Crippen LogP contribution in [0.2, 0.25) is 0 Å². The molecule has 0 aliphatic rings. The molecule has 0 fully saturated rings. The molecule has 3 N–H and O–H groups in total. The van der Waals surface area contributed by atoms with Crippen LogP contribution in [0.15, 0.2) is 36.7 Å². The van der Waals surface area contributed by atoms with E-state index in [1.807, 2.05) is 0 Å². The summed E-state index contributed by atoms with van der Waals surface area (Å²) in [4.78, 5) is 29.8. The number of aromatic nitrogens is 2. The molecule has 2 aromatic heterocycles. The van der Waals surface area contributed by atoms with Crippen LogP contribution in [0.1, 0.15) is 21.0 Å². The highest BCUT2D eigenvalue weighted by molar-refractivity contribution is 6.04. The number of nitrogens with one attached hydrogen (secondary N) is 1. The Morgan fingerprint density at radius 2 is 1.95 bits per heavy atom. The third-order valence-electron chi connectivity index (χ3n) is 2.24. The molecule has 0 unspecified atom stereocenters. The van der Waals surface area contributed by atoms with Gasteiger partial charge >= 0.3 is 5.97 Å². The van der Waals surface area contributed by atoms with Crippen molar-refractivity contribution in [3.05, 3.63) is 48.0 Å². The maximum Gasteiger partial charge on any atom is 0.354 e. The molecular weight excluding hydrogens is 250 g/mol. The fourth-order valence-electron chi connectivity index (χ4n) is 1.36. The van der Waals surface area contributed by atoms with Crippen molar-refractivity contribution in [3.8, 4) is 5.75 Å². The van der Waals surface area contributed by atoms with E-state index >= 15 is 0 Å². The Balaban J connectivity index is 2.15. The zero-order valence-electron chi connectivity index (χ0n) is 9.57. The van der Waals surface area contributed by atoms with Gasteiger partial charge in [-0.3, -0.25) is 4.79 Å². The maximum atomic E-state index is 11.8. The summed E-state index contributed by atoms with van der Waals surface area (Å²) in [5, 5.41) is 20.6. The Kier molecular flexibility index (Phi) is 3.37. The van der Waals surface area contributed by atoms with Gasteiger partial charge in [-0.25, -0.2) is 14.8 Å². The number of aromatic hydroxyl groups is 1. The predicted molar refractivity (Wildman–Crippen MR) is 65.1 cm³/mol. The van der Waals surface area contributed by atoms with Crippen molar-refractivity contribution in [1.82, 2.24) is 9.97 Å². The highest BCUT2D eigenvalue weighted by atomic mass is 16.4. The fraction of sp³-hybridized carbons (Fsp3) is 0. The number of carboxylic acids is 1. The lowest BCUT2D eigenvalue weighted by Gasteiger charge is -2.05. The zero-order valence-corrected chi connectivity index (χ0v) is 9.57. The van der Waals surface area contributed by atoms with Crippen LogP contribution in [0.3, 0.4) is 0 Å². The Labute approximate surface area is 107 Å². The molecule has 2 rings (SSSR count). The minimum Gasteiger partial charge on any atom is -0.505 e. The Morgan fingerprint density at radius 3 is 2.53 bits per heavy atom. The van der Waals surface area contributed by atoms with E-state index in [1.165, 1.54) is 36.7 Å². The summed E-state index contributed by atoms with van der Waals surface area (Å²) in [5.74, 6) is -2.00. The molecule has 2 heterocycles. The number of anilines is 1. The number of amides is 1. The monoisotopic (exact) mass is 259 g/mol. The number of carboxylic acid groups (broad SMARTS) is 1. The smallest absolute Gasteiger partial charge is 0.354 e. The number of carbonyl (C=O) groups is 2. The van der Waals surface area contributed by atoms with E-state index in [9.17, 15) is 14.7 Å². The van der Waals surface area contributed by atoms with Gasteiger partial charge in [0.1, 0.15) is 11.4 Å². The van der Waals surface area contributed by atoms with Gasteiger partial charge < -0.3 is 15.5 Å². The van der Waals surface area contributed by atoms with Crippen LogP contribution < -0.4 is 5.32 Å². The van der Waals surface area contributed by atoms with Crippen molar-refractivity contribution < 1.29 is 19.8 Å². The third kappa shape index (κ3) is 2.83. The topological polar surface area (TPSA) is 112 Å². The van der Waals surface area contributed by atoms with Crippen LogP contribution in [0.5, 0.6) is 5.75 Å². The SMILES string of the molecule is O=C(O)c1ccc(NC(=O)c2ncccc2O)cn1. The van der Waals surface area contributed by atoms with Crippen molar-refractivity contribution in [3.63, 3.8) is 0 Å². The van der Waals surface area contributed by atoms with Crippen LogP contribution in [-0.4, -0.2) is 32.1 Å². The van der Waals surface area contributed by atoms with Crippen molar-refractivity contribution >= 4 is 17.6 Å². The summed E-state index contributed by atoms with van der Waals surface area (Å²) in [5.41, 5.74) is 0.0588. The highest BCUT2D eigenvalue weighted by Gasteiger charge is 2.12. The standard InChI is InChI=1S/C12H9N3O4/c16-9-2-1-5-13-10(9)11(17)15-7-3-4-8(12(18)19)14-6-7/h1-6,16H,(H,15,17)(H,18,19). The van der Waals surface area contributed by atoms with Crippen molar-refractivity contribution in [2.24, 2.45) is 0 Å². The summed E-state index contributed by atoms with van der Waals surface area (Å²) in [6, 6.07) is 5.49. The van der Waals surface area contributed by atoms with E-state index in [-0.39, 0.29) is 17.1 Å². The van der Waals surface area contributed by atoms with Gasteiger partial charge in [-0.1, -0.05) is 0 Å². The lowest BCUT2D eigenvalue weighted by atomic mass is 10.3. The van der Waals surface area contributed by atoms with Crippen LogP contribution in [0.25, 0.3) is 0 Å². The van der Waals surface area contributed by atoms with Gasteiger partial charge in [-0.15, -0.1) is 0 Å². The fourth-order valence-corrected chi connectivity index (χ4v) is 1.36. The van der Waals surface area contributed by atoms with Crippen LogP contribution in [0.4, 0.5) is 5.69 Å². The number of hydrogen-bond donors (Lipinski definition) is 3. The van der Waals surface area contributed by atoms with E-state index in [2.05, 4.69) is 15.3 Å². The third-order valence-corrected chi connectivity index (χ3v) is 2.24. The second-order valence-corrected chi connectivity index (χ2v) is 3.56. The average Bonchev–Trinajstić information content (AvgIpc) is 2.39. The van der Waals surface area contributed by atoms with Crippen LogP contribution in [0, 0.1) is 0 Å². The molecule has 0 saturated heterocycles. The van der Waals surface area contributed by atoms with Crippen molar-refractivity contribution in [1.29, 1.82) is 0 Å². The number of carbonyl (C=O) groups excluding carboxylic acids is 1. The first kappa shape index (κ1) is 12.5. The quantitative estimate of drug-likeness (QED) is 0.761. The summed E-state index contributed by atoms with van der Waals surface area (Å²) in [6.07, 6.45) is 2.59. The molecule has 7 heteroatoms. The minimum absolute atomic E-state index is 0.121. The maximum absolute atomic E-state index is 11.8. The van der Waals surface area contributed by atoms with Gasteiger partial charge in [0.2, 0.25) is 0 Å². The van der Waals surface area contributed by atoms with E-state index in [0.717, 1.165) is 0 Å². The summed E-state index contributed by atoms with van der Waals surface area (Å²) >= 11 is 0. The molecule has 0 saturated carbocycles. The summed E-state index contributed by atoms with van der Waals surface area (Å²) in [7, 11) is 0. The van der Waals surface area contributed by atoms with Gasteiger partial charge in [0, 0.05) is 6.20 Å². The van der Waals surface area contributed by atoms with E-state index in [1.54, 1.807) is 0 Å². The first-order valence-electron chi connectivity index (χ1n) is 5.22. The molecule has 0 aliphatic heterocycles. The van der Waals surface area contributed by atoms with Gasteiger partial charge in [0.05, 0.1) is 11.9 Å².